The Labute approximate surface area is 131 Å². The minimum Gasteiger partial charge on any atom is -0.459 e. The molecule has 1 heterocycles. The van der Waals surface area contributed by atoms with Crippen LogP contribution in [0.1, 0.15) is 22.9 Å². The first-order valence-electron chi connectivity index (χ1n) is 6.71. The Kier molecular flexibility index (Phi) is 3.83. The first-order valence-corrected chi connectivity index (χ1v) is 7.50. The smallest absolute Gasteiger partial charge is 0.134 e. The van der Waals surface area contributed by atoms with Crippen LogP contribution in [0.3, 0.4) is 0 Å². The zero-order chi connectivity index (χ0) is 15.0. The molecule has 0 radical (unpaired) electrons. The van der Waals surface area contributed by atoms with E-state index in [1.165, 1.54) is 12.1 Å². The maximum absolute atomic E-state index is 13.3. The number of benzene rings is 2. The highest BCUT2D eigenvalue weighted by atomic mass is 79.9. The number of fused-ring (bicyclic) bond motifs is 1. The fourth-order valence-corrected chi connectivity index (χ4v) is 3.07. The zero-order valence-corrected chi connectivity index (χ0v) is 13.4. The first kappa shape index (κ1) is 14.3. The average Bonchev–Trinajstić information content (AvgIpc) is 2.84. The van der Waals surface area contributed by atoms with Crippen LogP contribution in [-0.2, 0) is 0 Å². The van der Waals surface area contributed by atoms with Gasteiger partial charge < -0.3 is 9.73 Å². The predicted molar refractivity (Wildman–Crippen MR) is 86.0 cm³/mol. The highest BCUT2D eigenvalue weighted by Gasteiger charge is 2.18. The van der Waals surface area contributed by atoms with Crippen LogP contribution in [-0.4, -0.2) is 7.05 Å². The predicted octanol–water partition coefficient (Wildman–Crippen LogP) is 4.95. The molecule has 1 unspecified atom stereocenters. The molecule has 0 spiro atoms. The highest BCUT2D eigenvalue weighted by molar-refractivity contribution is 9.10. The highest BCUT2D eigenvalue weighted by Crippen LogP contribution is 2.31. The summed E-state index contributed by atoms with van der Waals surface area (Å²) in [6.07, 6.45) is 0. The Hall–Kier alpha value is -1.65. The van der Waals surface area contributed by atoms with E-state index in [-0.39, 0.29) is 11.9 Å². The van der Waals surface area contributed by atoms with Crippen molar-refractivity contribution in [2.45, 2.75) is 13.0 Å². The van der Waals surface area contributed by atoms with E-state index < -0.39 is 0 Å². The lowest BCUT2D eigenvalue weighted by atomic mass is 9.99. The molecule has 2 nitrogen and oxygen atoms in total. The van der Waals surface area contributed by atoms with Crippen molar-refractivity contribution in [3.63, 3.8) is 0 Å². The molecule has 1 N–H and O–H groups in total. The van der Waals surface area contributed by atoms with Crippen LogP contribution < -0.4 is 5.32 Å². The van der Waals surface area contributed by atoms with Gasteiger partial charge in [-0.3, -0.25) is 0 Å². The van der Waals surface area contributed by atoms with Gasteiger partial charge >= 0.3 is 0 Å². The Morgan fingerprint density at radius 1 is 1.14 bits per heavy atom. The van der Waals surface area contributed by atoms with E-state index in [1.54, 1.807) is 6.07 Å². The van der Waals surface area contributed by atoms with Gasteiger partial charge in [0.05, 0.1) is 6.04 Å². The standard InChI is InChI=1S/C17H15BrFNO/c1-10-7-12(18)3-5-14(10)17(20-2)16-9-11-8-13(19)4-6-15(11)21-16/h3-9,17,20H,1-2H3. The summed E-state index contributed by atoms with van der Waals surface area (Å²) in [6.45, 7) is 2.06. The molecule has 0 saturated heterocycles. The quantitative estimate of drug-likeness (QED) is 0.724. The van der Waals surface area contributed by atoms with Gasteiger partial charge in [0.2, 0.25) is 0 Å². The van der Waals surface area contributed by atoms with Gasteiger partial charge in [0.1, 0.15) is 17.2 Å². The number of nitrogens with one attached hydrogen (secondary N) is 1. The van der Waals surface area contributed by atoms with Crippen molar-refractivity contribution in [3.8, 4) is 0 Å². The molecular formula is C17H15BrFNO. The van der Waals surface area contributed by atoms with Gasteiger partial charge in [-0.05, 0) is 61.5 Å². The summed E-state index contributed by atoms with van der Waals surface area (Å²) in [6, 6.07) is 12.5. The largest absolute Gasteiger partial charge is 0.459 e. The zero-order valence-electron chi connectivity index (χ0n) is 11.8. The Morgan fingerprint density at radius 2 is 1.95 bits per heavy atom. The van der Waals surface area contributed by atoms with Crippen molar-refractivity contribution >= 4 is 26.9 Å². The average molecular weight is 348 g/mol. The van der Waals surface area contributed by atoms with Gasteiger partial charge in [-0.15, -0.1) is 0 Å². The summed E-state index contributed by atoms with van der Waals surface area (Å²) in [5.41, 5.74) is 3.00. The molecule has 3 aromatic rings. The van der Waals surface area contributed by atoms with Crippen molar-refractivity contribution in [2.75, 3.05) is 7.05 Å². The molecule has 2 aromatic carbocycles. The van der Waals surface area contributed by atoms with E-state index in [0.717, 1.165) is 26.7 Å². The van der Waals surface area contributed by atoms with Crippen LogP contribution in [0.5, 0.6) is 0 Å². The van der Waals surface area contributed by atoms with E-state index >= 15 is 0 Å². The number of halogens is 2. The second-order valence-corrected chi connectivity index (χ2v) is 5.97. The molecule has 0 aliphatic heterocycles. The fourth-order valence-electron chi connectivity index (χ4n) is 2.59. The van der Waals surface area contributed by atoms with E-state index in [1.807, 2.05) is 19.2 Å². The summed E-state index contributed by atoms with van der Waals surface area (Å²) in [7, 11) is 1.89. The van der Waals surface area contributed by atoms with Crippen molar-refractivity contribution in [2.24, 2.45) is 0 Å². The third-order valence-electron chi connectivity index (χ3n) is 3.61. The third kappa shape index (κ3) is 2.74. The number of hydrogen-bond donors (Lipinski definition) is 1. The van der Waals surface area contributed by atoms with Crippen LogP contribution in [0.2, 0.25) is 0 Å². The Morgan fingerprint density at radius 3 is 2.67 bits per heavy atom. The topological polar surface area (TPSA) is 25.2 Å². The van der Waals surface area contributed by atoms with Crippen LogP contribution in [0, 0.1) is 12.7 Å². The van der Waals surface area contributed by atoms with E-state index in [0.29, 0.717) is 5.58 Å². The maximum atomic E-state index is 13.3. The fraction of sp³-hybridized carbons (Fsp3) is 0.176. The number of hydrogen-bond acceptors (Lipinski definition) is 2. The van der Waals surface area contributed by atoms with Gasteiger partial charge in [0.25, 0.3) is 0 Å². The molecule has 21 heavy (non-hydrogen) atoms. The molecule has 108 valence electrons. The van der Waals surface area contributed by atoms with Crippen molar-refractivity contribution < 1.29 is 8.81 Å². The van der Waals surface area contributed by atoms with Crippen LogP contribution in [0.4, 0.5) is 4.39 Å². The van der Waals surface area contributed by atoms with E-state index in [4.69, 9.17) is 4.42 Å². The Bertz CT molecular complexity index is 797. The number of furan rings is 1. The molecule has 0 aliphatic carbocycles. The molecule has 4 heteroatoms. The molecule has 0 amide bonds. The number of aryl methyl sites for hydroxylation is 1. The van der Waals surface area contributed by atoms with Gasteiger partial charge in [-0.25, -0.2) is 4.39 Å². The number of rotatable bonds is 3. The van der Waals surface area contributed by atoms with Gasteiger partial charge in [-0.2, -0.15) is 0 Å². The molecule has 3 rings (SSSR count). The molecule has 0 saturated carbocycles. The summed E-state index contributed by atoms with van der Waals surface area (Å²) in [5, 5.41) is 4.05. The minimum absolute atomic E-state index is 0.0615. The molecule has 0 fully saturated rings. The molecule has 0 bridgehead atoms. The van der Waals surface area contributed by atoms with E-state index in [2.05, 4.69) is 40.3 Å². The van der Waals surface area contributed by atoms with E-state index in [9.17, 15) is 4.39 Å². The van der Waals surface area contributed by atoms with Gasteiger partial charge in [-0.1, -0.05) is 22.0 Å². The molecule has 0 aliphatic rings. The Balaban J connectivity index is 2.09. The summed E-state index contributed by atoms with van der Waals surface area (Å²) in [4.78, 5) is 0. The van der Waals surface area contributed by atoms with Crippen molar-refractivity contribution in [1.29, 1.82) is 0 Å². The molecular weight excluding hydrogens is 333 g/mol. The van der Waals surface area contributed by atoms with Crippen LogP contribution in [0.25, 0.3) is 11.0 Å². The third-order valence-corrected chi connectivity index (χ3v) is 4.11. The van der Waals surface area contributed by atoms with Crippen LogP contribution >= 0.6 is 15.9 Å². The summed E-state index contributed by atoms with van der Waals surface area (Å²) >= 11 is 3.47. The molecule has 1 atom stereocenters. The summed E-state index contributed by atoms with van der Waals surface area (Å²) < 4.78 is 20.2. The lowest BCUT2D eigenvalue weighted by Gasteiger charge is -2.16. The maximum Gasteiger partial charge on any atom is 0.134 e. The van der Waals surface area contributed by atoms with Crippen LogP contribution in [0.15, 0.2) is 51.4 Å². The molecule has 1 aromatic heterocycles. The van der Waals surface area contributed by atoms with Crippen molar-refractivity contribution in [1.82, 2.24) is 5.32 Å². The summed E-state index contributed by atoms with van der Waals surface area (Å²) in [5.74, 6) is 0.527. The van der Waals surface area contributed by atoms with Crippen molar-refractivity contribution in [3.05, 3.63) is 69.6 Å². The van der Waals surface area contributed by atoms with Gasteiger partial charge in [0.15, 0.2) is 0 Å². The lowest BCUT2D eigenvalue weighted by molar-refractivity contribution is 0.490. The SMILES string of the molecule is CNC(c1cc2cc(F)ccc2o1)c1ccc(Br)cc1C. The second-order valence-electron chi connectivity index (χ2n) is 5.05. The second kappa shape index (κ2) is 5.62. The van der Waals surface area contributed by atoms with Gasteiger partial charge in [0, 0.05) is 9.86 Å². The normalized spacial score (nSPS) is 12.8. The lowest BCUT2D eigenvalue weighted by Crippen LogP contribution is -2.18. The first-order chi connectivity index (χ1) is 10.1. The monoisotopic (exact) mass is 347 g/mol. The minimum atomic E-state index is -0.254.